The molecule has 0 fully saturated rings. The zero-order chi connectivity index (χ0) is 10.4. The Morgan fingerprint density at radius 1 is 1.29 bits per heavy atom. The number of hydrogen-bond donors (Lipinski definition) is 0. The van der Waals surface area contributed by atoms with E-state index < -0.39 is 0 Å². The van der Waals surface area contributed by atoms with Crippen molar-refractivity contribution >= 4 is 11.9 Å². The second-order valence-corrected chi connectivity index (χ2v) is 3.31. The standard InChI is InChI=1S/C13H16O/c1-3-5-11-6-8-12(9-7-11)10-13(14)4-2/h3,5-9H,4,10H2,1-2H3. The molecule has 0 aliphatic rings. The van der Waals surface area contributed by atoms with Gasteiger partial charge < -0.3 is 0 Å². The zero-order valence-electron chi connectivity index (χ0n) is 8.79. The molecule has 1 aromatic carbocycles. The average molecular weight is 188 g/mol. The van der Waals surface area contributed by atoms with Gasteiger partial charge in [0.1, 0.15) is 5.78 Å². The van der Waals surface area contributed by atoms with E-state index in [0.717, 1.165) is 5.56 Å². The number of benzene rings is 1. The van der Waals surface area contributed by atoms with Crippen LogP contribution in [0.25, 0.3) is 6.08 Å². The van der Waals surface area contributed by atoms with Crippen LogP contribution in [0, 0.1) is 0 Å². The van der Waals surface area contributed by atoms with Crippen molar-refractivity contribution < 1.29 is 4.79 Å². The first-order chi connectivity index (χ1) is 6.76. The van der Waals surface area contributed by atoms with Gasteiger partial charge in [-0.2, -0.15) is 0 Å². The van der Waals surface area contributed by atoms with E-state index in [0.29, 0.717) is 18.6 Å². The van der Waals surface area contributed by atoms with Crippen molar-refractivity contribution in [2.24, 2.45) is 0 Å². The minimum Gasteiger partial charge on any atom is -0.299 e. The second kappa shape index (κ2) is 5.38. The fraction of sp³-hybridized carbons (Fsp3) is 0.308. The van der Waals surface area contributed by atoms with Gasteiger partial charge in [0.05, 0.1) is 0 Å². The molecule has 0 radical (unpaired) electrons. The Morgan fingerprint density at radius 3 is 2.43 bits per heavy atom. The predicted molar refractivity (Wildman–Crippen MR) is 60.2 cm³/mol. The molecular formula is C13H16O. The van der Waals surface area contributed by atoms with Gasteiger partial charge in [-0.3, -0.25) is 4.79 Å². The van der Waals surface area contributed by atoms with Gasteiger partial charge in [0.2, 0.25) is 0 Å². The molecule has 1 heteroatoms. The van der Waals surface area contributed by atoms with Gasteiger partial charge in [-0.15, -0.1) is 0 Å². The first-order valence-corrected chi connectivity index (χ1v) is 4.99. The molecule has 0 saturated heterocycles. The summed E-state index contributed by atoms with van der Waals surface area (Å²) < 4.78 is 0. The average Bonchev–Trinajstić information content (AvgIpc) is 2.21. The van der Waals surface area contributed by atoms with Crippen molar-refractivity contribution in [3.63, 3.8) is 0 Å². The van der Waals surface area contributed by atoms with Crippen molar-refractivity contribution in [2.45, 2.75) is 26.7 Å². The van der Waals surface area contributed by atoms with Crippen LogP contribution in [-0.2, 0) is 11.2 Å². The van der Waals surface area contributed by atoms with E-state index in [9.17, 15) is 4.79 Å². The maximum Gasteiger partial charge on any atom is 0.136 e. The largest absolute Gasteiger partial charge is 0.299 e. The molecule has 0 heterocycles. The second-order valence-electron chi connectivity index (χ2n) is 3.31. The van der Waals surface area contributed by atoms with Gasteiger partial charge in [0, 0.05) is 12.8 Å². The molecule has 0 saturated carbocycles. The van der Waals surface area contributed by atoms with E-state index in [1.807, 2.05) is 50.3 Å². The molecule has 0 N–H and O–H groups in total. The van der Waals surface area contributed by atoms with Crippen molar-refractivity contribution in [1.29, 1.82) is 0 Å². The highest BCUT2D eigenvalue weighted by Crippen LogP contribution is 2.07. The Bertz CT molecular complexity index is 320. The van der Waals surface area contributed by atoms with Gasteiger partial charge in [0.15, 0.2) is 0 Å². The maximum absolute atomic E-state index is 11.2. The molecular weight excluding hydrogens is 172 g/mol. The third-order valence-electron chi connectivity index (χ3n) is 2.13. The SMILES string of the molecule is CC=Cc1ccc(CC(=O)CC)cc1. The summed E-state index contributed by atoms with van der Waals surface area (Å²) in [6.45, 7) is 3.89. The van der Waals surface area contributed by atoms with E-state index in [1.54, 1.807) is 0 Å². The van der Waals surface area contributed by atoms with Crippen molar-refractivity contribution in [1.82, 2.24) is 0 Å². The molecule has 0 aliphatic carbocycles. The Balaban J connectivity index is 2.68. The summed E-state index contributed by atoms with van der Waals surface area (Å²) in [7, 11) is 0. The summed E-state index contributed by atoms with van der Waals surface area (Å²) in [6, 6.07) is 8.11. The van der Waals surface area contributed by atoms with Crippen LogP contribution in [0.15, 0.2) is 30.3 Å². The summed E-state index contributed by atoms with van der Waals surface area (Å²) in [5, 5.41) is 0. The molecule has 0 bridgehead atoms. The lowest BCUT2D eigenvalue weighted by Crippen LogP contribution is -1.99. The number of carbonyl (C=O) groups excluding carboxylic acids is 1. The minimum atomic E-state index is 0.295. The van der Waals surface area contributed by atoms with Crippen LogP contribution in [0.3, 0.4) is 0 Å². The topological polar surface area (TPSA) is 17.1 Å². The summed E-state index contributed by atoms with van der Waals surface area (Å²) in [5.74, 6) is 0.295. The van der Waals surface area contributed by atoms with Crippen LogP contribution < -0.4 is 0 Å². The number of allylic oxidation sites excluding steroid dienone is 1. The van der Waals surface area contributed by atoms with E-state index in [4.69, 9.17) is 0 Å². The third-order valence-corrected chi connectivity index (χ3v) is 2.13. The summed E-state index contributed by atoms with van der Waals surface area (Å²) in [6.07, 6.45) is 5.24. The molecule has 0 unspecified atom stereocenters. The summed E-state index contributed by atoms with van der Waals surface area (Å²) >= 11 is 0. The summed E-state index contributed by atoms with van der Waals surface area (Å²) in [4.78, 5) is 11.2. The minimum absolute atomic E-state index is 0.295. The predicted octanol–water partition coefficient (Wildman–Crippen LogP) is 3.24. The monoisotopic (exact) mass is 188 g/mol. The third kappa shape index (κ3) is 3.17. The lowest BCUT2D eigenvalue weighted by atomic mass is 10.1. The number of rotatable bonds is 4. The van der Waals surface area contributed by atoms with Gasteiger partial charge in [-0.05, 0) is 18.1 Å². The van der Waals surface area contributed by atoms with Crippen LogP contribution in [-0.4, -0.2) is 5.78 Å². The molecule has 14 heavy (non-hydrogen) atoms. The Hall–Kier alpha value is -1.37. The normalized spacial score (nSPS) is 10.7. The van der Waals surface area contributed by atoms with Gasteiger partial charge >= 0.3 is 0 Å². The zero-order valence-corrected chi connectivity index (χ0v) is 8.79. The Morgan fingerprint density at radius 2 is 1.93 bits per heavy atom. The van der Waals surface area contributed by atoms with Crippen molar-refractivity contribution in [2.75, 3.05) is 0 Å². The lowest BCUT2D eigenvalue weighted by molar-refractivity contribution is -0.118. The Kier molecular flexibility index (Phi) is 4.11. The molecule has 1 aromatic rings. The highest BCUT2D eigenvalue weighted by atomic mass is 16.1. The van der Waals surface area contributed by atoms with Crippen LogP contribution in [0.1, 0.15) is 31.4 Å². The van der Waals surface area contributed by atoms with Crippen molar-refractivity contribution in [3.05, 3.63) is 41.5 Å². The first kappa shape index (κ1) is 10.7. The highest BCUT2D eigenvalue weighted by Gasteiger charge is 1.99. The van der Waals surface area contributed by atoms with E-state index in [-0.39, 0.29) is 0 Å². The molecule has 0 spiro atoms. The molecule has 74 valence electrons. The summed E-state index contributed by atoms with van der Waals surface area (Å²) in [5.41, 5.74) is 2.28. The number of hydrogen-bond acceptors (Lipinski definition) is 1. The molecule has 0 atom stereocenters. The van der Waals surface area contributed by atoms with E-state index in [1.165, 1.54) is 5.56 Å². The number of Topliss-reactive ketones (excluding diaryl/α,β-unsaturated/α-hetero) is 1. The van der Waals surface area contributed by atoms with Gasteiger partial charge in [-0.25, -0.2) is 0 Å². The van der Waals surface area contributed by atoms with Gasteiger partial charge in [0.25, 0.3) is 0 Å². The fourth-order valence-electron chi connectivity index (χ4n) is 1.29. The van der Waals surface area contributed by atoms with Crippen LogP contribution in [0.4, 0.5) is 0 Å². The molecule has 0 aromatic heterocycles. The quantitative estimate of drug-likeness (QED) is 0.709. The van der Waals surface area contributed by atoms with Crippen molar-refractivity contribution in [3.8, 4) is 0 Å². The first-order valence-electron chi connectivity index (χ1n) is 4.99. The number of carbonyl (C=O) groups is 1. The van der Waals surface area contributed by atoms with Crippen LogP contribution in [0.5, 0.6) is 0 Å². The molecule has 0 amide bonds. The Labute approximate surface area is 85.5 Å². The smallest absolute Gasteiger partial charge is 0.136 e. The molecule has 0 aliphatic heterocycles. The highest BCUT2D eigenvalue weighted by molar-refractivity contribution is 5.80. The van der Waals surface area contributed by atoms with E-state index >= 15 is 0 Å². The van der Waals surface area contributed by atoms with Gasteiger partial charge in [-0.1, -0.05) is 43.3 Å². The molecule has 1 rings (SSSR count). The maximum atomic E-state index is 11.2. The van der Waals surface area contributed by atoms with E-state index in [2.05, 4.69) is 0 Å². The fourth-order valence-corrected chi connectivity index (χ4v) is 1.29. The lowest BCUT2D eigenvalue weighted by Gasteiger charge is -1.99. The number of ketones is 1. The van der Waals surface area contributed by atoms with Crippen LogP contribution >= 0.6 is 0 Å². The van der Waals surface area contributed by atoms with Crippen LogP contribution in [0.2, 0.25) is 0 Å². The molecule has 1 nitrogen and oxygen atoms in total.